The summed E-state index contributed by atoms with van der Waals surface area (Å²) in [6.07, 6.45) is 3.33. The van der Waals surface area contributed by atoms with Gasteiger partial charge >= 0.3 is 0 Å². The van der Waals surface area contributed by atoms with E-state index in [9.17, 15) is 9.18 Å². The van der Waals surface area contributed by atoms with Crippen molar-refractivity contribution in [3.8, 4) is 0 Å². The van der Waals surface area contributed by atoms with Crippen LogP contribution in [-0.2, 0) is 0 Å². The van der Waals surface area contributed by atoms with Crippen molar-refractivity contribution in [3.63, 3.8) is 0 Å². The molecule has 0 aliphatic carbocycles. The number of benzene rings is 1. The Balaban J connectivity index is 2.12. The summed E-state index contributed by atoms with van der Waals surface area (Å²) in [6, 6.07) is 3.87. The molecule has 1 aromatic heterocycles. The van der Waals surface area contributed by atoms with Crippen LogP contribution in [0.2, 0.25) is 0 Å². The van der Waals surface area contributed by atoms with Crippen molar-refractivity contribution in [2.75, 3.05) is 0 Å². The highest BCUT2D eigenvalue weighted by Gasteiger charge is 2.13. The first-order valence-electron chi connectivity index (χ1n) is 5.32. The lowest BCUT2D eigenvalue weighted by Gasteiger charge is -2.12. The average molecular weight is 312 g/mol. The van der Waals surface area contributed by atoms with E-state index in [1.54, 1.807) is 18.5 Å². The topological polar surface area (TPSA) is 57.8 Å². The number of aromatic nitrogens is 2. The van der Waals surface area contributed by atoms with Crippen LogP contribution in [0, 0.1) is 5.82 Å². The van der Waals surface area contributed by atoms with E-state index in [-0.39, 0.29) is 17.5 Å². The first-order chi connectivity index (χ1) is 8.56. The van der Waals surface area contributed by atoms with Crippen molar-refractivity contribution < 1.29 is 9.18 Å². The zero-order chi connectivity index (χ0) is 13.1. The number of nitrogens with zero attached hydrogens (tertiary/aromatic N) is 1. The second-order valence-electron chi connectivity index (χ2n) is 3.88. The first-order valence-corrected chi connectivity index (χ1v) is 6.11. The maximum absolute atomic E-state index is 13.2. The third kappa shape index (κ3) is 2.95. The Hall–Kier alpha value is -1.69. The van der Waals surface area contributed by atoms with Gasteiger partial charge in [0.1, 0.15) is 5.82 Å². The number of hydrogen-bond donors (Lipinski definition) is 2. The van der Waals surface area contributed by atoms with Crippen molar-refractivity contribution in [3.05, 3.63) is 52.0 Å². The Morgan fingerprint density at radius 3 is 2.89 bits per heavy atom. The van der Waals surface area contributed by atoms with Gasteiger partial charge in [0.25, 0.3) is 5.91 Å². The molecule has 1 unspecified atom stereocenters. The van der Waals surface area contributed by atoms with Crippen LogP contribution in [0.3, 0.4) is 0 Å². The molecule has 0 bridgehead atoms. The number of H-pyrrole nitrogens is 1. The smallest absolute Gasteiger partial charge is 0.251 e. The van der Waals surface area contributed by atoms with Crippen molar-refractivity contribution in [2.45, 2.75) is 13.0 Å². The van der Waals surface area contributed by atoms with E-state index in [1.165, 1.54) is 12.1 Å². The summed E-state index contributed by atoms with van der Waals surface area (Å²) in [5.74, 6) is -0.783. The third-order valence-corrected chi connectivity index (χ3v) is 2.95. The second kappa shape index (κ2) is 5.30. The Bertz CT molecular complexity index is 536. The molecule has 0 aliphatic heterocycles. The average Bonchev–Trinajstić information content (AvgIpc) is 2.80. The fraction of sp³-hybridized carbons (Fsp3) is 0.167. The minimum atomic E-state index is -0.453. The van der Waals surface area contributed by atoms with Crippen LogP contribution in [0.15, 0.2) is 35.1 Å². The highest BCUT2D eigenvalue weighted by molar-refractivity contribution is 9.10. The van der Waals surface area contributed by atoms with E-state index >= 15 is 0 Å². The van der Waals surface area contributed by atoms with Crippen LogP contribution in [0.25, 0.3) is 0 Å². The molecule has 0 radical (unpaired) electrons. The van der Waals surface area contributed by atoms with Crippen molar-refractivity contribution in [1.29, 1.82) is 0 Å². The van der Waals surface area contributed by atoms with Gasteiger partial charge in [-0.05, 0) is 25.1 Å². The Morgan fingerprint density at radius 2 is 2.28 bits per heavy atom. The molecule has 0 saturated heterocycles. The van der Waals surface area contributed by atoms with Gasteiger partial charge < -0.3 is 5.32 Å². The number of aromatic amines is 1. The molecule has 1 amide bonds. The SMILES string of the molecule is CC(NC(=O)c1cc(F)cc(Br)c1)c1cn[nH]c1. The molecule has 0 saturated carbocycles. The second-order valence-corrected chi connectivity index (χ2v) is 4.80. The molecule has 2 N–H and O–H groups in total. The van der Waals surface area contributed by atoms with Gasteiger partial charge in [-0.1, -0.05) is 15.9 Å². The van der Waals surface area contributed by atoms with Gasteiger partial charge in [0.15, 0.2) is 0 Å². The van der Waals surface area contributed by atoms with Crippen LogP contribution in [0.5, 0.6) is 0 Å². The van der Waals surface area contributed by atoms with Gasteiger partial charge in [0, 0.05) is 21.8 Å². The van der Waals surface area contributed by atoms with Crippen molar-refractivity contribution in [1.82, 2.24) is 15.5 Å². The normalized spacial score (nSPS) is 12.2. The summed E-state index contributed by atoms with van der Waals surface area (Å²) in [7, 11) is 0. The van der Waals surface area contributed by atoms with E-state index in [4.69, 9.17) is 0 Å². The van der Waals surface area contributed by atoms with Gasteiger partial charge in [-0.2, -0.15) is 5.10 Å². The molecule has 1 heterocycles. The van der Waals surface area contributed by atoms with Gasteiger partial charge in [0.05, 0.1) is 12.2 Å². The van der Waals surface area contributed by atoms with Gasteiger partial charge in [-0.15, -0.1) is 0 Å². The predicted molar refractivity (Wildman–Crippen MR) is 68.6 cm³/mol. The Morgan fingerprint density at radius 1 is 1.50 bits per heavy atom. The number of hydrogen-bond acceptors (Lipinski definition) is 2. The van der Waals surface area contributed by atoms with E-state index in [0.717, 1.165) is 5.56 Å². The summed E-state index contributed by atoms with van der Waals surface area (Å²) in [4.78, 5) is 11.9. The maximum Gasteiger partial charge on any atom is 0.251 e. The fourth-order valence-electron chi connectivity index (χ4n) is 1.55. The van der Waals surface area contributed by atoms with Crippen LogP contribution in [0.4, 0.5) is 4.39 Å². The van der Waals surface area contributed by atoms with Gasteiger partial charge in [-0.25, -0.2) is 4.39 Å². The van der Waals surface area contributed by atoms with E-state index in [0.29, 0.717) is 4.47 Å². The monoisotopic (exact) mass is 311 g/mol. The van der Waals surface area contributed by atoms with E-state index < -0.39 is 5.82 Å². The highest BCUT2D eigenvalue weighted by Crippen LogP contribution is 2.16. The van der Waals surface area contributed by atoms with Crippen LogP contribution >= 0.6 is 15.9 Å². The number of carbonyl (C=O) groups is 1. The Kier molecular flexibility index (Phi) is 3.76. The minimum absolute atomic E-state index is 0.196. The highest BCUT2D eigenvalue weighted by atomic mass is 79.9. The minimum Gasteiger partial charge on any atom is -0.345 e. The standard InChI is InChI=1S/C12H11BrFN3O/c1-7(9-5-15-16-6-9)17-12(18)8-2-10(13)4-11(14)3-8/h2-7H,1H3,(H,15,16)(H,17,18). The molecule has 2 aromatic rings. The summed E-state index contributed by atoms with van der Waals surface area (Å²) < 4.78 is 13.7. The number of rotatable bonds is 3. The first kappa shape index (κ1) is 12.8. The molecule has 4 nitrogen and oxygen atoms in total. The molecular weight excluding hydrogens is 301 g/mol. The number of carbonyl (C=O) groups excluding carboxylic acids is 1. The number of halogens is 2. The van der Waals surface area contributed by atoms with Crippen molar-refractivity contribution in [2.24, 2.45) is 0 Å². The maximum atomic E-state index is 13.2. The zero-order valence-electron chi connectivity index (χ0n) is 9.58. The van der Waals surface area contributed by atoms with Gasteiger partial charge in [-0.3, -0.25) is 9.89 Å². The Labute approximate surface area is 112 Å². The predicted octanol–water partition coefficient (Wildman–Crippen LogP) is 2.80. The molecule has 2 rings (SSSR count). The quantitative estimate of drug-likeness (QED) is 0.915. The van der Waals surface area contributed by atoms with Crippen LogP contribution in [0.1, 0.15) is 28.9 Å². The summed E-state index contributed by atoms with van der Waals surface area (Å²) in [5, 5.41) is 9.25. The third-order valence-electron chi connectivity index (χ3n) is 2.49. The molecule has 18 heavy (non-hydrogen) atoms. The molecule has 1 atom stereocenters. The number of nitrogens with one attached hydrogen (secondary N) is 2. The van der Waals surface area contributed by atoms with E-state index in [1.807, 2.05) is 6.92 Å². The summed E-state index contributed by atoms with van der Waals surface area (Å²) in [5.41, 5.74) is 1.14. The number of amides is 1. The summed E-state index contributed by atoms with van der Waals surface area (Å²) >= 11 is 3.15. The molecule has 0 aliphatic rings. The van der Waals surface area contributed by atoms with Gasteiger partial charge in [0.2, 0.25) is 0 Å². The molecule has 6 heteroatoms. The molecular formula is C12H11BrFN3O. The lowest BCUT2D eigenvalue weighted by atomic mass is 10.1. The lowest BCUT2D eigenvalue weighted by molar-refractivity contribution is 0.0939. The van der Waals surface area contributed by atoms with Crippen molar-refractivity contribution >= 4 is 21.8 Å². The lowest BCUT2D eigenvalue weighted by Crippen LogP contribution is -2.26. The summed E-state index contributed by atoms with van der Waals surface area (Å²) in [6.45, 7) is 1.83. The molecule has 0 spiro atoms. The van der Waals surface area contributed by atoms with Crippen LogP contribution in [-0.4, -0.2) is 16.1 Å². The molecule has 0 fully saturated rings. The zero-order valence-corrected chi connectivity index (χ0v) is 11.2. The van der Waals surface area contributed by atoms with E-state index in [2.05, 4.69) is 31.4 Å². The fourth-order valence-corrected chi connectivity index (χ4v) is 2.01. The molecule has 94 valence electrons. The molecule has 1 aromatic carbocycles. The van der Waals surface area contributed by atoms with Crippen LogP contribution < -0.4 is 5.32 Å². The largest absolute Gasteiger partial charge is 0.345 e.